The predicted molar refractivity (Wildman–Crippen MR) is 128 cm³/mol. The Morgan fingerprint density at radius 1 is 1.12 bits per heavy atom. The van der Waals surface area contributed by atoms with Crippen LogP contribution in [0.4, 0.5) is 11.4 Å². The number of rotatable bonds is 6. The number of aromatic nitrogens is 2. The zero-order chi connectivity index (χ0) is 24.5. The van der Waals surface area contributed by atoms with E-state index >= 15 is 0 Å². The monoisotopic (exact) mass is 461 g/mol. The fraction of sp³-hybridized carbons (Fsp3) is 0.280. The van der Waals surface area contributed by atoms with E-state index in [0.29, 0.717) is 29.3 Å². The van der Waals surface area contributed by atoms with Crippen molar-refractivity contribution in [1.82, 2.24) is 15.1 Å². The Balaban J connectivity index is 1.65. The van der Waals surface area contributed by atoms with Gasteiger partial charge in [0, 0.05) is 24.8 Å². The first-order valence-corrected chi connectivity index (χ1v) is 10.9. The Labute approximate surface area is 197 Å². The fourth-order valence-electron chi connectivity index (χ4n) is 4.13. The number of carbonyl (C=O) groups excluding carboxylic acids is 3. The lowest BCUT2D eigenvalue weighted by atomic mass is 9.93. The molecule has 0 saturated carbocycles. The standard InChI is InChI=1S/C25H27N5O4/c1-16-13-22-23(32)30(20-9-7-19(8-10-20)27-17(2)31)25(3,15-29(22)28-16)24(33)26-14-18-5-11-21(34-4)12-6-18/h5-13H,14-15H2,1-4H3,(H,26,33)(H,27,31)/t25-/m0/s1. The highest BCUT2D eigenvalue weighted by atomic mass is 16.5. The third kappa shape index (κ3) is 4.36. The minimum absolute atomic E-state index is 0.191. The molecule has 4 rings (SSSR count). The number of amides is 3. The minimum atomic E-state index is -1.23. The number of carbonyl (C=O) groups is 3. The Morgan fingerprint density at radius 3 is 2.41 bits per heavy atom. The number of hydrogen-bond acceptors (Lipinski definition) is 5. The van der Waals surface area contributed by atoms with Crippen molar-refractivity contribution in [3.63, 3.8) is 0 Å². The number of hydrogen-bond donors (Lipinski definition) is 2. The van der Waals surface area contributed by atoms with Crippen molar-refractivity contribution in [3.05, 3.63) is 71.5 Å². The molecule has 0 unspecified atom stereocenters. The van der Waals surface area contributed by atoms with Gasteiger partial charge in [-0.3, -0.25) is 24.0 Å². The molecule has 1 aromatic heterocycles. The molecule has 0 radical (unpaired) electrons. The molecule has 0 saturated heterocycles. The first-order valence-electron chi connectivity index (χ1n) is 10.9. The van der Waals surface area contributed by atoms with Gasteiger partial charge in [0.1, 0.15) is 17.0 Å². The molecule has 0 fully saturated rings. The van der Waals surface area contributed by atoms with Crippen LogP contribution in [0.25, 0.3) is 0 Å². The smallest absolute Gasteiger partial charge is 0.277 e. The summed E-state index contributed by atoms with van der Waals surface area (Å²) < 4.78 is 6.77. The van der Waals surface area contributed by atoms with Crippen molar-refractivity contribution in [2.24, 2.45) is 0 Å². The molecule has 0 aliphatic carbocycles. The lowest BCUT2D eigenvalue weighted by Gasteiger charge is -2.43. The molecule has 2 N–H and O–H groups in total. The SMILES string of the molecule is COc1ccc(CNC(=O)[C@]2(C)Cn3nc(C)cc3C(=O)N2c2ccc(NC(C)=O)cc2)cc1. The van der Waals surface area contributed by atoms with Gasteiger partial charge in [0.05, 0.1) is 19.3 Å². The van der Waals surface area contributed by atoms with Crippen LogP contribution >= 0.6 is 0 Å². The van der Waals surface area contributed by atoms with Crippen LogP contribution in [0.1, 0.15) is 35.6 Å². The highest BCUT2D eigenvalue weighted by Crippen LogP contribution is 2.33. The van der Waals surface area contributed by atoms with Gasteiger partial charge in [-0.05, 0) is 61.9 Å². The first-order chi connectivity index (χ1) is 16.2. The predicted octanol–water partition coefficient (Wildman–Crippen LogP) is 2.89. The van der Waals surface area contributed by atoms with Crippen molar-refractivity contribution in [2.75, 3.05) is 17.3 Å². The Morgan fingerprint density at radius 2 is 1.79 bits per heavy atom. The third-order valence-corrected chi connectivity index (χ3v) is 5.82. The fourth-order valence-corrected chi connectivity index (χ4v) is 4.13. The van der Waals surface area contributed by atoms with Crippen LogP contribution in [0.5, 0.6) is 5.75 Å². The van der Waals surface area contributed by atoms with Crippen LogP contribution in [0.2, 0.25) is 0 Å². The summed E-state index contributed by atoms with van der Waals surface area (Å²) in [6.45, 7) is 5.47. The molecule has 9 heteroatoms. The molecular weight excluding hydrogens is 434 g/mol. The second kappa shape index (κ2) is 9.01. The summed E-state index contributed by atoms with van der Waals surface area (Å²) in [7, 11) is 1.60. The van der Waals surface area contributed by atoms with Crippen LogP contribution in [0.3, 0.4) is 0 Å². The molecule has 0 spiro atoms. The minimum Gasteiger partial charge on any atom is -0.497 e. The molecule has 3 amide bonds. The molecule has 1 atom stereocenters. The summed E-state index contributed by atoms with van der Waals surface area (Å²) in [5.41, 5.74) is 1.95. The molecule has 0 bridgehead atoms. The molecule has 1 aliphatic heterocycles. The zero-order valence-electron chi connectivity index (χ0n) is 19.6. The largest absolute Gasteiger partial charge is 0.497 e. The highest BCUT2D eigenvalue weighted by molar-refractivity contribution is 6.12. The van der Waals surface area contributed by atoms with E-state index in [-0.39, 0.29) is 24.3 Å². The normalized spacial score (nSPS) is 17.2. The van der Waals surface area contributed by atoms with E-state index in [0.717, 1.165) is 11.3 Å². The van der Waals surface area contributed by atoms with E-state index in [9.17, 15) is 14.4 Å². The average molecular weight is 462 g/mol. The van der Waals surface area contributed by atoms with Gasteiger partial charge in [0.15, 0.2) is 0 Å². The first kappa shape index (κ1) is 23.0. The number of anilines is 2. The summed E-state index contributed by atoms with van der Waals surface area (Å²) in [5, 5.41) is 10.1. The van der Waals surface area contributed by atoms with Crippen LogP contribution in [-0.2, 0) is 22.7 Å². The van der Waals surface area contributed by atoms with Crippen LogP contribution in [0, 0.1) is 6.92 Å². The van der Waals surface area contributed by atoms with E-state index in [1.165, 1.54) is 11.8 Å². The number of ether oxygens (including phenoxy) is 1. The number of fused-ring (bicyclic) bond motifs is 1. The summed E-state index contributed by atoms with van der Waals surface area (Å²) >= 11 is 0. The Bertz CT molecular complexity index is 1230. The molecule has 3 aromatic rings. The molecule has 176 valence electrons. The van der Waals surface area contributed by atoms with Gasteiger partial charge in [-0.2, -0.15) is 5.10 Å². The van der Waals surface area contributed by atoms with Crippen LogP contribution in [-0.4, -0.2) is 40.2 Å². The molecular formula is C25H27N5O4. The van der Waals surface area contributed by atoms with Crippen LogP contribution < -0.4 is 20.3 Å². The Hall–Kier alpha value is -4.14. The molecule has 2 aromatic carbocycles. The van der Waals surface area contributed by atoms with Gasteiger partial charge in [-0.1, -0.05) is 12.1 Å². The van der Waals surface area contributed by atoms with Crippen molar-refractivity contribution >= 4 is 29.1 Å². The van der Waals surface area contributed by atoms with E-state index in [1.807, 2.05) is 31.2 Å². The second-order valence-corrected chi connectivity index (χ2v) is 8.50. The number of methoxy groups -OCH3 is 1. The maximum Gasteiger partial charge on any atom is 0.277 e. The van der Waals surface area contributed by atoms with Crippen LogP contribution in [0.15, 0.2) is 54.6 Å². The quantitative estimate of drug-likeness (QED) is 0.587. The summed E-state index contributed by atoms with van der Waals surface area (Å²) in [6.07, 6.45) is 0. The average Bonchev–Trinajstić information content (AvgIpc) is 3.18. The van der Waals surface area contributed by atoms with Gasteiger partial charge in [0.25, 0.3) is 5.91 Å². The van der Waals surface area contributed by atoms with Gasteiger partial charge >= 0.3 is 0 Å². The van der Waals surface area contributed by atoms with Crippen molar-refractivity contribution < 1.29 is 19.1 Å². The lowest BCUT2D eigenvalue weighted by molar-refractivity contribution is -0.126. The maximum absolute atomic E-state index is 13.6. The summed E-state index contributed by atoms with van der Waals surface area (Å²) in [6, 6.07) is 16.0. The van der Waals surface area contributed by atoms with Crippen molar-refractivity contribution in [1.29, 1.82) is 0 Å². The Kier molecular flexibility index (Phi) is 6.10. The molecule has 2 heterocycles. The number of nitrogens with zero attached hydrogens (tertiary/aromatic N) is 3. The van der Waals surface area contributed by atoms with Crippen molar-refractivity contribution in [3.8, 4) is 5.75 Å². The van der Waals surface area contributed by atoms with E-state index < -0.39 is 5.54 Å². The summed E-state index contributed by atoms with van der Waals surface area (Å²) in [4.78, 5) is 40.0. The third-order valence-electron chi connectivity index (χ3n) is 5.82. The highest BCUT2D eigenvalue weighted by Gasteiger charge is 2.48. The van der Waals surface area contributed by atoms with Gasteiger partial charge in [0.2, 0.25) is 11.8 Å². The van der Waals surface area contributed by atoms with E-state index in [2.05, 4.69) is 15.7 Å². The van der Waals surface area contributed by atoms with Gasteiger partial charge < -0.3 is 15.4 Å². The summed E-state index contributed by atoms with van der Waals surface area (Å²) in [5.74, 6) is -0.0815. The zero-order valence-corrected chi connectivity index (χ0v) is 19.6. The number of nitrogens with one attached hydrogen (secondary N) is 2. The number of aryl methyl sites for hydroxylation is 1. The van der Waals surface area contributed by atoms with E-state index in [1.54, 1.807) is 49.0 Å². The molecule has 1 aliphatic rings. The van der Waals surface area contributed by atoms with Crippen molar-refractivity contribution in [2.45, 2.75) is 39.4 Å². The maximum atomic E-state index is 13.6. The number of benzene rings is 2. The lowest BCUT2D eigenvalue weighted by Crippen LogP contribution is -2.64. The topological polar surface area (TPSA) is 106 Å². The second-order valence-electron chi connectivity index (χ2n) is 8.50. The molecule has 9 nitrogen and oxygen atoms in total. The molecule has 34 heavy (non-hydrogen) atoms. The van der Waals surface area contributed by atoms with Gasteiger partial charge in [-0.15, -0.1) is 0 Å². The van der Waals surface area contributed by atoms with E-state index in [4.69, 9.17) is 4.74 Å². The van der Waals surface area contributed by atoms with Gasteiger partial charge in [-0.25, -0.2) is 0 Å².